The molecule has 0 saturated heterocycles. The van der Waals surface area contributed by atoms with E-state index in [4.69, 9.17) is 4.74 Å². The molecule has 0 aliphatic rings. The van der Waals surface area contributed by atoms with Gasteiger partial charge in [0.1, 0.15) is 5.75 Å². The Bertz CT molecular complexity index is 1290. The van der Waals surface area contributed by atoms with Gasteiger partial charge in [0.05, 0.1) is 10.7 Å². The monoisotopic (exact) mass is 541 g/mol. The lowest BCUT2D eigenvalue weighted by atomic mass is 10.1. The molecule has 1 heterocycles. The van der Waals surface area contributed by atoms with Gasteiger partial charge in [-0.1, -0.05) is 40.2 Å². The predicted molar refractivity (Wildman–Crippen MR) is 133 cm³/mol. The Morgan fingerprint density at radius 1 is 1.10 bits per heavy atom. The Morgan fingerprint density at radius 3 is 2.65 bits per heavy atom. The number of nitrogens with one attached hydrogen (secondary N) is 1. The molecular weight excluding hydrogens is 522 g/mol. The fourth-order valence-electron chi connectivity index (χ4n) is 3.71. The highest BCUT2D eigenvalue weighted by molar-refractivity contribution is 9.11. The lowest BCUT2D eigenvalue weighted by Crippen LogP contribution is -2.24. The molecule has 31 heavy (non-hydrogen) atoms. The van der Waals surface area contributed by atoms with Crippen LogP contribution < -0.4 is 10.2 Å². The van der Waals surface area contributed by atoms with Gasteiger partial charge in [-0.15, -0.1) is 0 Å². The van der Waals surface area contributed by atoms with Crippen molar-refractivity contribution in [2.75, 3.05) is 6.61 Å². The second-order valence-electron chi connectivity index (χ2n) is 7.15. The number of benzene rings is 3. The first-order chi connectivity index (χ1) is 15.0. The average Bonchev–Trinajstić information content (AvgIpc) is 3.06. The largest absolute Gasteiger partial charge is 0.482 e. The standard InChI is InChI=1S/C24H21Br2N3O2/c1-3-29-21-7-5-4-6-18(21)19-11-16(8-9-22(19)29)13-27-28-23(30)14-31-24-15(2)10-17(25)12-20(24)26/h4-13H,3,14H2,1-2H3,(H,28,30). The highest BCUT2D eigenvalue weighted by atomic mass is 79.9. The molecule has 5 nitrogen and oxygen atoms in total. The van der Waals surface area contributed by atoms with Crippen LogP contribution in [-0.2, 0) is 11.3 Å². The van der Waals surface area contributed by atoms with Crippen molar-refractivity contribution in [2.45, 2.75) is 20.4 Å². The van der Waals surface area contributed by atoms with Crippen LogP contribution in [0.15, 0.2) is 68.6 Å². The lowest BCUT2D eigenvalue weighted by molar-refractivity contribution is -0.123. The van der Waals surface area contributed by atoms with Gasteiger partial charge in [0.15, 0.2) is 6.61 Å². The summed E-state index contributed by atoms with van der Waals surface area (Å²) in [6.07, 6.45) is 1.65. The number of carbonyl (C=O) groups is 1. The summed E-state index contributed by atoms with van der Waals surface area (Å²) in [7, 11) is 0. The van der Waals surface area contributed by atoms with E-state index in [1.807, 2.05) is 31.2 Å². The van der Waals surface area contributed by atoms with Gasteiger partial charge in [0.25, 0.3) is 5.91 Å². The number of halogens is 2. The van der Waals surface area contributed by atoms with Crippen molar-refractivity contribution in [1.29, 1.82) is 0 Å². The van der Waals surface area contributed by atoms with Crippen LogP contribution >= 0.6 is 31.9 Å². The first kappa shape index (κ1) is 21.6. The van der Waals surface area contributed by atoms with Gasteiger partial charge in [0, 0.05) is 32.8 Å². The number of hydrogen-bond acceptors (Lipinski definition) is 3. The van der Waals surface area contributed by atoms with Crippen LogP contribution in [-0.4, -0.2) is 23.3 Å². The maximum atomic E-state index is 12.1. The third kappa shape index (κ3) is 4.52. The number of para-hydroxylation sites is 1. The minimum Gasteiger partial charge on any atom is -0.482 e. The molecule has 0 spiro atoms. The van der Waals surface area contributed by atoms with Crippen LogP contribution in [0.1, 0.15) is 18.1 Å². The Hall–Kier alpha value is -2.64. The Kier molecular flexibility index (Phi) is 6.43. The molecule has 0 unspecified atom stereocenters. The summed E-state index contributed by atoms with van der Waals surface area (Å²) in [4.78, 5) is 12.1. The zero-order valence-corrected chi connectivity index (χ0v) is 20.3. The number of aromatic nitrogens is 1. The molecule has 1 amide bonds. The SMILES string of the molecule is CCn1c2ccccc2c2cc(C=NNC(=O)COc3c(C)cc(Br)cc3Br)ccc21. The van der Waals surface area contributed by atoms with Gasteiger partial charge in [0.2, 0.25) is 0 Å². The zero-order valence-electron chi connectivity index (χ0n) is 17.2. The number of ether oxygens (including phenoxy) is 1. The summed E-state index contributed by atoms with van der Waals surface area (Å²) in [6, 6.07) is 18.4. The number of hydrazone groups is 1. The summed E-state index contributed by atoms with van der Waals surface area (Å²) in [5.41, 5.74) is 6.78. The fourth-order valence-corrected chi connectivity index (χ4v) is 5.27. The predicted octanol–water partition coefficient (Wildman–Crippen LogP) is 6.18. The number of nitrogens with zero attached hydrogens (tertiary/aromatic N) is 2. The van der Waals surface area contributed by atoms with E-state index >= 15 is 0 Å². The normalized spacial score (nSPS) is 11.5. The van der Waals surface area contributed by atoms with Crippen LogP contribution in [0.2, 0.25) is 0 Å². The molecule has 0 atom stereocenters. The molecule has 0 fully saturated rings. The summed E-state index contributed by atoms with van der Waals surface area (Å²) in [5.74, 6) is 0.314. The van der Waals surface area contributed by atoms with E-state index in [2.05, 4.69) is 84.2 Å². The molecule has 4 rings (SSSR count). The maximum absolute atomic E-state index is 12.1. The number of fused-ring (bicyclic) bond motifs is 3. The van der Waals surface area contributed by atoms with Gasteiger partial charge >= 0.3 is 0 Å². The quantitative estimate of drug-likeness (QED) is 0.234. The van der Waals surface area contributed by atoms with Crippen molar-refractivity contribution < 1.29 is 9.53 Å². The van der Waals surface area contributed by atoms with Crippen LogP contribution in [0.25, 0.3) is 21.8 Å². The molecule has 158 valence electrons. The highest BCUT2D eigenvalue weighted by Crippen LogP contribution is 2.32. The van der Waals surface area contributed by atoms with Crippen molar-refractivity contribution >= 4 is 65.8 Å². The number of carbonyl (C=O) groups excluding carboxylic acids is 1. The summed E-state index contributed by atoms with van der Waals surface area (Å²) >= 11 is 6.89. The van der Waals surface area contributed by atoms with E-state index in [0.29, 0.717) is 5.75 Å². The fraction of sp³-hybridized carbons (Fsp3) is 0.167. The molecule has 1 aromatic heterocycles. The van der Waals surface area contributed by atoms with E-state index in [0.717, 1.165) is 26.6 Å². The molecule has 0 aliphatic carbocycles. The van der Waals surface area contributed by atoms with Crippen molar-refractivity contribution in [3.05, 3.63) is 74.7 Å². The van der Waals surface area contributed by atoms with E-state index in [1.165, 1.54) is 21.8 Å². The molecule has 3 aromatic carbocycles. The topological polar surface area (TPSA) is 55.6 Å². The third-order valence-corrected chi connectivity index (χ3v) is 6.10. The molecule has 7 heteroatoms. The lowest BCUT2D eigenvalue weighted by Gasteiger charge is -2.10. The van der Waals surface area contributed by atoms with Crippen molar-refractivity contribution in [3.63, 3.8) is 0 Å². The third-order valence-electron chi connectivity index (χ3n) is 5.06. The highest BCUT2D eigenvalue weighted by Gasteiger charge is 2.10. The molecule has 0 radical (unpaired) electrons. The number of hydrogen-bond donors (Lipinski definition) is 1. The number of amides is 1. The van der Waals surface area contributed by atoms with Crippen molar-refractivity contribution in [3.8, 4) is 5.75 Å². The van der Waals surface area contributed by atoms with Gasteiger partial charge in [-0.3, -0.25) is 4.79 Å². The number of rotatable bonds is 6. The first-order valence-electron chi connectivity index (χ1n) is 9.89. The minimum atomic E-state index is -0.325. The van der Waals surface area contributed by atoms with Gasteiger partial charge in [-0.2, -0.15) is 5.10 Å². The van der Waals surface area contributed by atoms with Crippen molar-refractivity contribution in [2.24, 2.45) is 5.10 Å². The summed E-state index contributed by atoms with van der Waals surface area (Å²) in [5, 5.41) is 6.48. The molecular formula is C24H21Br2N3O2. The van der Waals surface area contributed by atoms with Gasteiger partial charge in [-0.05, 0) is 71.2 Å². The second kappa shape index (κ2) is 9.24. The van der Waals surface area contributed by atoms with Crippen LogP contribution in [0, 0.1) is 6.92 Å². The maximum Gasteiger partial charge on any atom is 0.277 e. The molecule has 0 bridgehead atoms. The molecule has 0 saturated carbocycles. The van der Waals surface area contributed by atoms with Crippen molar-refractivity contribution in [1.82, 2.24) is 9.99 Å². The zero-order chi connectivity index (χ0) is 22.0. The molecule has 1 N–H and O–H groups in total. The summed E-state index contributed by atoms with van der Waals surface area (Å²) in [6.45, 7) is 4.85. The van der Waals surface area contributed by atoms with Crippen LogP contribution in [0.4, 0.5) is 0 Å². The number of aryl methyl sites for hydroxylation is 2. The average molecular weight is 543 g/mol. The van der Waals surface area contributed by atoms with Gasteiger partial charge in [-0.25, -0.2) is 5.43 Å². The van der Waals surface area contributed by atoms with E-state index in [9.17, 15) is 4.79 Å². The van der Waals surface area contributed by atoms with Gasteiger partial charge < -0.3 is 9.30 Å². The summed E-state index contributed by atoms with van der Waals surface area (Å²) < 4.78 is 9.68. The van der Waals surface area contributed by atoms with Crippen LogP contribution in [0.3, 0.4) is 0 Å². The van der Waals surface area contributed by atoms with E-state index in [1.54, 1.807) is 6.21 Å². The smallest absolute Gasteiger partial charge is 0.277 e. The Labute approximate surface area is 197 Å². The van der Waals surface area contributed by atoms with E-state index < -0.39 is 0 Å². The Morgan fingerprint density at radius 2 is 1.87 bits per heavy atom. The van der Waals surface area contributed by atoms with E-state index in [-0.39, 0.29) is 12.5 Å². The molecule has 4 aromatic rings. The second-order valence-corrected chi connectivity index (χ2v) is 8.92. The molecule has 0 aliphatic heterocycles. The van der Waals surface area contributed by atoms with Crippen LogP contribution in [0.5, 0.6) is 5.75 Å². The first-order valence-corrected chi connectivity index (χ1v) is 11.5. The Balaban J connectivity index is 1.45. The minimum absolute atomic E-state index is 0.124.